The van der Waals surface area contributed by atoms with Gasteiger partial charge in [0.1, 0.15) is 0 Å². The van der Waals surface area contributed by atoms with Crippen LogP contribution in [0.15, 0.2) is 56.6 Å². The normalized spacial score (nSPS) is 11.9. The summed E-state index contributed by atoms with van der Waals surface area (Å²) in [6, 6.07) is 11.6. The Morgan fingerprint density at radius 1 is 1.13 bits per heavy atom. The molecule has 0 radical (unpaired) electrons. The average molecular weight is 447 g/mol. The Hall–Kier alpha value is -2.91. The van der Waals surface area contributed by atoms with E-state index in [0.29, 0.717) is 42.7 Å². The number of carbonyl (C=O) groups is 1. The highest BCUT2D eigenvalue weighted by atomic mass is 32.2. The number of esters is 1. The van der Waals surface area contributed by atoms with Gasteiger partial charge in [-0.25, -0.2) is 18.0 Å². The number of carbonyl (C=O) groups excluding carboxylic acids is 1. The fraction of sp³-hybridized carbons (Fsp3) is 0.364. The molecule has 166 valence electrons. The second-order valence-electron chi connectivity index (χ2n) is 7.04. The number of nitrogens with zero attached hydrogens (tertiary/aromatic N) is 2. The van der Waals surface area contributed by atoms with Gasteiger partial charge in [-0.2, -0.15) is 4.31 Å². The van der Waals surface area contributed by atoms with E-state index in [1.807, 2.05) is 6.07 Å². The summed E-state index contributed by atoms with van der Waals surface area (Å²) in [4.78, 5) is 24.6. The number of aryl methyl sites for hydroxylation is 2. The van der Waals surface area contributed by atoms with Crippen LogP contribution in [0.25, 0.3) is 11.1 Å². The van der Waals surface area contributed by atoms with Gasteiger partial charge in [0.05, 0.1) is 22.6 Å². The molecule has 0 unspecified atom stereocenters. The van der Waals surface area contributed by atoms with Crippen LogP contribution in [0.5, 0.6) is 0 Å². The number of hydrogen-bond acceptors (Lipinski definition) is 6. The van der Waals surface area contributed by atoms with Crippen molar-refractivity contribution in [1.82, 2.24) is 8.87 Å². The Morgan fingerprint density at radius 2 is 1.84 bits per heavy atom. The van der Waals surface area contributed by atoms with E-state index in [-0.39, 0.29) is 17.1 Å². The van der Waals surface area contributed by atoms with Crippen molar-refractivity contribution in [2.75, 3.05) is 19.7 Å². The van der Waals surface area contributed by atoms with Crippen LogP contribution in [0.3, 0.4) is 0 Å². The molecule has 1 aromatic heterocycles. The monoisotopic (exact) mass is 446 g/mol. The number of para-hydroxylation sites is 2. The average Bonchev–Trinajstić information content (AvgIpc) is 3.07. The molecular formula is C22H26N2O6S. The van der Waals surface area contributed by atoms with E-state index in [9.17, 15) is 18.0 Å². The summed E-state index contributed by atoms with van der Waals surface area (Å²) in [7, 11) is -3.68. The number of oxazole rings is 1. The van der Waals surface area contributed by atoms with E-state index < -0.39 is 21.7 Å². The van der Waals surface area contributed by atoms with Gasteiger partial charge in [-0.05, 0) is 43.2 Å². The third kappa shape index (κ3) is 4.72. The first-order valence-corrected chi connectivity index (χ1v) is 11.6. The van der Waals surface area contributed by atoms with Crippen LogP contribution in [-0.2, 0) is 21.3 Å². The molecular weight excluding hydrogens is 420 g/mol. The molecule has 0 atom stereocenters. The molecule has 3 aromatic rings. The van der Waals surface area contributed by atoms with E-state index in [2.05, 4.69) is 0 Å². The van der Waals surface area contributed by atoms with Crippen LogP contribution in [0.2, 0.25) is 0 Å². The predicted molar refractivity (Wildman–Crippen MR) is 117 cm³/mol. The molecule has 0 spiro atoms. The summed E-state index contributed by atoms with van der Waals surface area (Å²) in [5.41, 5.74) is 2.02. The first kappa shape index (κ1) is 22.8. The number of sulfonamides is 1. The maximum absolute atomic E-state index is 12.7. The third-order valence-corrected chi connectivity index (χ3v) is 7.15. The zero-order chi connectivity index (χ0) is 22.6. The van der Waals surface area contributed by atoms with Gasteiger partial charge in [0, 0.05) is 19.6 Å². The van der Waals surface area contributed by atoms with Crippen molar-refractivity contribution in [3.8, 4) is 0 Å². The van der Waals surface area contributed by atoms with E-state index in [1.165, 1.54) is 21.0 Å². The molecule has 0 aliphatic rings. The molecule has 2 aromatic carbocycles. The van der Waals surface area contributed by atoms with E-state index >= 15 is 0 Å². The summed E-state index contributed by atoms with van der Waals surface area (Å²) in [5, 5.41) is 0. The van der Waals surface area contributed by atoms with E-state index in [1.54, 1.807) is 45.0 Å². The largest absolute Gasteiger partial charge is 0.462 e. The van der Waals surface area contributed by atoms with Crippen molar-refractivity contribution in [3.05, 3.63) is 64.1 Å². The van der Waals surface area contributed by atoms with Crippen LogP contribution in [0.1, 0.15) is 36.2 Å². The van der Waals surface area contributed by atoms with Gasteiger partial charge < -0.3 is 9.15 Å². The van der Waals surface area contributed by atoms with E-state index in [0.717, 1.165) is 0 Å². The van der Waals surface area contributed by atoms with Crippen molar-refractivity contribution < 1.29 is 22.4 Å². The first-order valence-electron chi connectivity index (χ1n) is 10.2. The molecule has 0 N–H and O–H groups in total. The highest BCUT2D eigenvalue weighted by Gasteiger charge is 2.23. The Kier molecular flexibility index (Phi) is 6.97. The van der Waals surface area contributed by atoms with Crippen LogP contribution >= 0.6 is 0 Å². The van der Waals surface area contributed by atoms with Gasteiger partial charge in [0.2, 0.25) is 10.0 Å². The Bertz CT molecular complexity index is 1240. The lowest BCUT2D eigenvalue weighted by atomic mass is 10.1. The molecule has 3 rings (SSSR count). The molecule has 31 heavy (non-hydrogen) atoms. The second-order valence-corrected chi connectivity index (χ2v) is 8.98. The topological polar surface area (TPSA) is 98.8 Å². The number of hydrogen-bond donors (Lipinski definition) is 0. The molecule has 0 aliphatic heterocycles. The quantitative estimate of drug-likeness (QED) is 0.370. The Labute approximate surface area is 181 Å². The molecule has 0 aliphatic carbocycles. The van der Waals surface area contributed by atoms with Gasteiger partial charge in [0.25, 0.3) is 0 Å². The van der Waals surface area contributed by atoms with Crippen LogP contribution < -0.4 is 5.76 Å². The first-order chi connectivity index (χ1) is 14.8. The number of fused-ring (bicyclic) bond motifs is 1. The number of benzene rings is 2. The summed E-state index contributed by atoms with van der Waals surface area (Å²) in [6.45, 7) is 6.35. The summed E-state index contributed by atoms with van der Waals surface area (Å²) < 4.78 is 38.8. The van der Waals surface area contributed by atoms with Gasteiger partial charge in [-0.3, -0.25) is 4.57 Å². The smallest absolute Gasteiger partial charge is 0.419 e. The van der Waals surface area contributed by atoms with Gasteiger partial charge in [-0.15, -0.1) is 0 Å². The lowest BCUT2D eigenvalue weighted by Crippen LogP contribution is -2.30. The number of ether oxygens (including phenoxy) is 1. The number of aromatic nitrogens is 1. The van der Waals surface area contributed by atoms with Gasteiger partial charge >= 0.3 is 11.7 Å². The lowest BCUT2D eigenvalue weighted by molar-refractivity contribution is 0.0494. The molecule has 0 amide bonds. The maximum Gasteiger partial charge on any atom is 0.419 e. The van der Waals surface area contributed by atoms with Crippen LogP contribution in [-0.4, -0.2) is 43.0 Å². The molecule has 0 fully saturated rings. The summed E-state index contributed by atoms with van der Waals surface area (Å²) >= 11 is 0. The fourth-order valence-corrected chi connectivity index (χ4v) is 4.87. The maximum atomic E-state index is 12.7. The zero-order valence-electron chi connectivity index (χ0n) is 17.8. The fourth-order valence-electron chi connectivity index (χ4n) is 3.39. The van der Waals surface area contributed by atoms with Crippen molar-refractivity contribution in [2.24, 2.45) is 0 Å². The standard InChI is InChI=1S/C22H26N2O6S/c1-4-23(5-2)31(27,28)17-12-11-16(3)18(15-17)21(25)29-14-8-13-24-19-9-6-7-10-20(19)30-22(24)26/h6-7,9-12,15H,4-5,8,13-14H2,1-3H3. The summed E-state index contributed by atoms with van der Waals surface area (Å²) in [5.74, 6) is -1.06. The molecule has 0 saturated carbocycles. The predicted octanol–water partition coefficient (Wildman–Crippen LogP) is 3.18. The van der Waals surface area contributed by atoms with Crippen molar-refractivity contribution in [3.63, 3.8) is 0 Å². The van der Waals surface area contributed by atoms with Crippen LogP contribution in [0, 0.1) is 6.92 Å². The molecule has 0 saturated heterocycles. The third-order valence-electron chi connectivity index (χ3n) is 5.11. The SMILES string of the molecule is CCN(CC)S(=O)(=O)c1ccc(C)c(C(=O)OCCCn2c(=O)oc3ccccc32)c1. The van der Waals surface area contributed by atoms with E-state index in [4.69, 9.17) is 9.15 Å². The van der Waals surface area contributed by atoms with Gasteiger partial charge in [0.15, 0.2) is 5.58 Å². The molecule has 0 bridgehead atoms. The van der Waals surface area contributed by atoms with Gasteiger partial charge in [-0.1, -0.05) is 32.0 Å². The highest BCUT2D eigenvalue weighted by Crippen LogP contribution is 2.20. The molecule has 9 heteroatoms. The lowest BCUT2D eigenvalue weighted by Gasteiger charge is -2.19. The molecule has 1 heterocycles. The van der Waals surface area contributed by atoms with Crippen molar-refractivity contribution in [1.29, 1.82) is 0 Å². The van der Waals surface area contributed by atoms with Crippen molar-refractivity contribution in [2.45, 2.75) is 38.6 Å². The highest BCUT2D eigenvalue weighted by molar-refractivity contribution is 7.89. The number of rotatable bonds is 9. The second kappa shape index (κ2) is 9.49. The zero-order valence-corrected chi connectivity index (χ0v) is 18.6. The summed E-state index contributed by atoms with van der Waals surface area (Å²) in [6.07, 6.45) is 0.408. The minimum atomic E-state index is -3.68. The molecule has 8 nitrogen and oxygen atoms in total. The van der Waals surface area contributed by atoms with Crippen LogP contribution in [0.4, 0.5) is 0 Å². The van der Waals surface area contributed by atoms with Crippen molar-refractivity contribution >= 4 is 27.1 Å². The minimum Gasteiger partial charge on any atom is -0.462 e. The minimum absolute atomic E-state index is 0.0603. The Morgan fingerprint density at radius 3 is 2.55 bits per heavy atom. The Balaban J connectivity index is 1.68.